The van der Waals surface area contributed by atoms with Crippen molar-refractivity contribution in [2.45, 2.75) is 18.2 Å². The van der Waals surface area contributed by atoms with Crippen molar-refractivity contribution in [1.29, 1.82) is 0 Å². The SMILES string of the molecule is Cc1ccc(SCCC(=O)NCCOc2cccc3ccccc23)cc1. The van der Waals surface area contributed by atoms with Crippen molar-refractivity contribution in [3.05, 3.63) is 72.3 Å². The Morgan fingerprint density at radius 3 is 2.62 bits per heavy atom. The minimum atomic E-state index is 0.0612. The van der Waals surface area contributed by atoms with Crippen LogP contribution in [0.5, 0.6) is 5.75 Å². The Hall–Kier alpha value is -2.46. The highest BCUT2D eigenvalue weighted by Gasteiger charge is 2.04. The molecule has 4 heteroatoms. The highest BCUT2D eigenvalue weighted by Crippen LogP contribution is 2.24. The van der Waals surface area contributed by atoms with Crippen LogP contribution in [0.4, 0.5) is 0 Å². The molecule has 0 unspecified atom stereocenters. The number of benzene rings is 3. The van der Waals surface area contributed by atoms with E-state index in [1.165, 1.54) is 10.5 Å². The van der Waals surface area contributed by atoms with E-state index in [2.05, 4.69) is 48.6 Å². The van der Waals surface area contributed by atoms with E-state index >= 15 is 0 Å². The third-order valence-corrected chi connectivity index (χ3v) is 5.06. The second-order valence-corrected chi connectivity index (χ2v) is 7.26. The molecule has 3 aromatic carbocycles. The van der Waals surface area contributed by atoms with Gasteiger partial charge in [0.05, 0.1) is 6.54 Å². The molecular formula is C22H23NO2S. The van der Waals surface area contributed by atoms with E-state index in [1.807, 2.05) is 30.3 Å². The normalized spacial score (nSPS) is 10.7. The molecule has 0 spiro atoms. The molecule has 0 heterocycles. The molecule has 0 aliphatic heterocycles. The second-order valence-electron chi connectivity index (χ2n) is 6.09. The topological polar surface area (TPSA) is 38.3 Å². The van der Waals surface area contributed by atoms with Crippen molar-refractivity contribution in [3.63, 3.8) is 0 Å². The summed E-state index contributed by atoms with van der Waals surface area (Å²) in [5.41, 5.74) is 1.25. The van der Waals surface area contributed by atoms with Crippen LogP contribution in [0.2, 0.25) is 0 Å². The Balaban J connectivity index is 1.36. The third-order valence-electron chi connectivity index (χ3n) is 4.05. The van der Waals surface area contributed by atoms with Gasteiger partial charge in [-0.3, -0.25) is 4.79 Å². The van der Waals surface area contributed by atoms with Gasteiger partial charge in [-0.15, -0.1) is 11.8 Å². The van der Waals surface area contributed by atoms with Crippen molar-refractivity contribution in [1.82, 2.24) is 5.32 Å². The van der Waals surface area contributed by atoms with E-state index in [4.69, 9.17) is 4.74 Å². The van der Waals surface area contributed by atoms with Gasteiger partial charge in [0.25, 0.3) is 0 Å². The first kappa shape index (κ1) is 18.3. The first-order valence-corrected chi connectivity index (χ1v) is 9.78. The van der Waals surface area contributed by atoms with Crippen LogP contribution in [-0.2, 0) is 4.79 Å². The number of amides is 1. The monoisotopic (exact) mass is 365 g/mol. The van der Waals surface area contributed by atoms with Gasteiger partial charge in [0.1, 0.15) is 12.4 Å². The van der Waals surface area contributed by atoms with E-state index in [9.17, 15) is 4.79 Å². The fourth-order valence-corrected chi connectivity index (χ4v) is 3.51. The standard InChI is InChI=1S/C22H23NO2S/c1-17-9-11-19(12-10-17)26-16-13-22(24)23-14-15-25-21-8-4-6-18-5-2-3-7-20(18)21/h2-12H,13-16H2,1H3,(H,23,24). The van der Waals surface area contributed by atoms with Crippen molar-refractivity contribution in [3.8, 4) is 5.75 Å². The molecule has 0 saturated heterocycles. The molecule has 1 N–H and O–H groups in total. The summed E-state index contributed by atoms with van der Waals surface area (Å²) in [6.07, 6.45) is 0.507. The van der Waals surface area contributed by atoms with Crippen molar-refractivity contribution >= 4 is 28.4 Å². The van der Waals surface area contributed by atoms with E-state index < -0.39 is 0 Å². The maximum atomic E-state index is 11.9. The van der Waals surface area contributed by atoms with Crippen LogP contribution in [0.3, 0.4) is 0 Å². The number of hydrogen-bond donors (Lipinski definition) is 1. The van der Waals surface area contributed by atoms with Crippen LogP contribution in [0.15, 0.2) is 71.6 Å². The summed E-state index contributed by atoms with van der Waals surface area (Å²) >= 11 is 1.70. The molecule has 0 bridgehead atoms. The highest BCUT2D eigenvalue weighted by molar-refractivity contribution is 7.99. The van der Waals surface area contributed by atoms with E-state index in [-0.39, 0.29) is 5.91 Å². The summed E-state index contributed by atoms with van der Waals surface area (Å²) in [6, 6.07) is 22.5. The van der Waals surface area contributed by atoms with Crippen LogP contribution in [0.25, 0.3) is 10.8 Å². The average molecular weight is 365 g/mol. The lowest BCUT2D eigenvalue weighted by Crippen LogP contribution is -2.28. The van der Waals surface area contributed by atoms with E-state index in [0.29, 0.717) is 19.6 Å². The quantitative estimate of drug-likeness (QED) is 0.459. The van der Waals surface area contributed by atoms with E-state index in [1.54, 1.807) is 11.8 Å². The minimum absolute atomic E-state index is 0.0612. The Labute approximate surface area is 158 Å². The zero-order valence-electron chi connectivity index (χ0n) is 14.9. The molecule has 26 heavy (non-hydrogen) atoms. The zero-order valence-corrected chi connectivity index (χ0v) is 15.7. The highest BCUT2D eigenvalue weighted by atomic mass is 32.2. The van der Waals surface area contributed by atoms with Gasteiger partial charge in [-0.05, 0) is 30.5 Å². The molecule has 0 radical (unpaired) electrons. The molecule has 0 aliphatic carbocycles. The largest absolute Gasteiger partial charge is 0.491 e. The summed E-state index contributed by atoms with van der Waals surface area (Å²) in [4.78, 5) is 13.1. The third kappa shape index (κ3) is 5.27. The van der Waals surface area contributed by atoms with Crippen LogP contribution in [0, 0.1) is 6.92 Å². The molecular weight excluding hydrogens is 342 g/mol. The maximum Gasteiger partial charge on any atom is 0.220 e. The number of carbonyl (C=O) groups excluding carboxylic acids is 1. The van der Waals surface area contributed by atoms with Crippen LogP contribution in [0.1, 0.15) is 12.0 Å². The Kier molecular flexibility index (Phi) is 6.56. The fourth-order valence-electron chi connectivity index (χ4n) is 2.66. The molecule has 0 saturated carbocycles. The predicted molar refractivity (Wildman–Crippen MR) is 109 cm³/mol. The Morgan fingerprint density at radius 2 is 1.77 bits per heavy atom. The Bertz CT molecular complexity index is 856. The molecule has 0 aliphatic rings. The summed E-state index contributed by atoms with van der Waals surface area (Å²) in [7, 11) is 0. The number of aryl methyl sites for hydroxylation is 1. The molecule has 3 aromatic rings. The van der Waals surface area contributed by atoms with Gasteiger partial charge in [0, 0.05) is 22.5 Å². The number of thioether (sulfide) groups is 1. The first-order valence-electron chi connectivity index (χ1n) is 8.79. The smallest absolute Gasteiger partial charge is 0.220 e. The number of fused-ring (bicyclic) bond motifs is 1. The molecule has 0 atom stereocenters. The number of hydrogen-bond acceptors (Lipinski definition) is 3. The van der Waals surface area contributed by atoms with Crippen LogP contribution >= 0.6 is 11.8 Å². The van der Waals surface area contributed by atoms with Gasteiger partial charge in [-0.25, -0.2) is 0 Å². The van der Waals surface area contributed by atoms with Gasteiger partial charge in [0.15, 0.2) is 0 Å². The molecule has 134 valence electrons. The summed E-state index contributed by atoms with van der Waals surface area (Å²) in [5.74, 6) is 1.69. The summed E-state index contributed by atoms with van der Waals surface area (Å²) in [5, 5.41) is 5.17. The van der Waals surface area contributed by atoms with Gasteiger partial charge in [-0.2, -0.15) is 0 Å². The molecule has 3 rings (SSSR count). The lowest BCUT2D eigenvalue weighted by Gasteiger charge is -2.10. The molecule has 0 aromatic heterocycles. The molecule has 0 fully saturated rings. The summed E-state index contributed by atoms with van der Waals surface area (Å²) < 4.78 is 5.83. The van der Waals surface area contributed by atoms with Crippen molar-refractivity contribution in [2.75, 3.05) is 18.9 Å². The Morgan fingerprint density at radius 1 is 1.00 bits per heavy atom. The van der Waals surface area contributed by atoms with Crippen molar-refractivity contribution < 1.29 is 9.53 Å². The number of rotatable bonds is 8. The number of ether oxygens (including phenoxy) is 1. The maximum absolute atomic E-state index is 11.9. The fraction of sp³-hybridized carbons (Fsp3) is 0.227. The van der Waals surface area contributed by atoms with Crippen molar-refractivity contribution in [2.24, 2.45) is 0 Å². The molecule has 3 nitrogen and oxygen atoms in total. The van der Waals surface area contributed by atoms with Gasteiger partial charge >= 0.3 is 0 Å². The zero-order chi connectivity index (χ0) is 18.2. The summed E-state index contributed by atoms with van der Waals surface area (Å²) in [6.45, 7) is 3.05. The van der Waals surface area contributed by atoms with Gasteiger partial charge in [0.2, 0.25) is 5.91 Å². The average Bonchev–Trinajstić information content (AvgIpc) is 2.67. The van der Waals surface area contributed by atoms with E-state index in [0.717, 1.165) is 22.3 Å². The van der Waals surface area contributed by atoms with Crippen LogP contribution in [-0.4, -0.2) is 24.8 Å². The molecule has 1 amide bonds. The minimum Gasteiger partial charge on any atom is -0.491 e. The predicted octanol–water partition coefficient (Wildman–Crippen LogP) is 4.83. The number of carbonyl (C=O) groups is 1. The van der Waals surface area contributed by atoms with Gasteiger partial charge < -0.3 is 10.1 Å². The second kappa shape index (κ2) is 9.30. The lowest BCUT2D eigenvalue weighted by atomic mass is 10.1. The van der Waals surface area contributed by atoms with Gasteiger partial charge in [-0.1, -0.05) is 54.1 Å². The lowest BCUT2D eigenvalue weighted by molar-refractivity contribution is -0.120. The first-order chi connectivity index (χ1) is 12.7. The number of nitrogens with one attached hydrogen (secondary N) is 1. The van der Waals surface area contributed by atoms with Crippen LogP contribution < -0.4 is 10.1 Å².